The Kier molecular flexibility index (Phi) is 7.71. The second kappa shape index (κ2) is 11.3. The van der Waals surface area contributed by atoms with Crippen LogP contribution in [0.1, 0.15) is 34.9 Å². The standard InChI is InChI=1S/C29H25N3O2S/c1-3-8-24-25(4-2)31-29(26-17-22(19-35-26)12-11-20-9-6-5-7-10-20)32-28(24)30-23-15-13-21(14-16-23)18-27(33)34/h3,5-7,9-10,13-17,19H,1,4,8,18H2,2H3,(H,33,34)(H,30,31,32). The summed E-state index contributed by atoms with van der Waals surface area (Å²) in [5.74, 6) is 6.93. The SMILES string of the molecule is C=CCc1c(CC)nc(-c2cc(C#Cc3ccccc3)cs2)nc1Nc1ccc(CC(=O)O)cc1. The van der Waals surface area contributed by atoms with E-state index in [4.69, 9.17) is 15.1 Å². The third-order valence-corrected chi connectivity index (χ3v) is 6.22. The number of rotatable bonds is 8. The van der Waals surface area contributed by atoms with E-state index in [2.05, 4.69) is 30.7 Å². The lowest BCUT2D eigenvalue weighted by atomic mass is 10.1. The summed E-state index contributed by atoms with van der Waals surface area (Å²) in [7, 11) is 0. The number of carbonyl (C=O) groups is 1. The zero-order valence-electron chi connectivity index (χ0n) is 19.4. The lowest BCUT2D eigenvalue weighted by Gasteiger charge is -2.15. The van der Waals surface area contributed by atoms with Crippen LogP contribution in [0.3, 0.4) is 0 Å². The second-order valence-corrected chi connectivity index (χ2v) is 8.79. The number of hydrogen-bond donors (Lipinski definition) is 2. The van der Waals surface area contributed by atoms with Crippen molar-refractivity contribution >= 4 is 28.8 Å². The molecule has 174 valence electrons. The van der Waals surface area contributed by atoms with Gasteiger partial charge in [-0.25, -0.2) is 9.97 Å². The normalized spacial score (nSPS) is 10.3. The number of carboxylic acid groups (broad SMARTS) is 1. The number of allylic oxidation sites excluding steroid dienone is 1. The van der Waals surface area contributed by atoms with E-state index in [0.29, 0.717) is 12.2 Å². The van der Waals surface area contributed by atoms with Gasteiger partial charge in [-0.15, -0.1) is 17.9 Å². The zero-order valence-corrected chi connectivity index (χ0v) is 20.2. The molecule has 0 unspecified atom stereocenters. The van der Waals surface area contributed by atoms with Gasteiger partial charge in [0.15, 0.2) is 5.82 Å². The van der Waals surface area contributed by atoms with E-state index in [1.165, 1.54) is 0 Å². The van der Waals surface area contributed by atoms with Crippen LogP contribution in [0.5, 0.6) is 0 Å². The number of nitrogens with zero attached hydrogens (tertiary/aromatic N) is 2. The summed E-state index contributed by atoms with van der Waals surface area (Å²) >= 11 is 1.57. The van der Waals surface area contributed by atoms with Crippen molar-refractivity contribution in [2.75, 3.05) is 5.32 Å². The Balaban J connectivity index is 1.66. The largest absolute Gasteiger partial charge is 0.481 e. The minimum atomic E-state index is -0.851. The molecule has 0 radical (unpaired) electrons. The van der Waals surface area contributed by atoms with E-state index in [9.17, 15) is 4.79 Å². The van der Waals surface area contributed by atoms with Crippen LogP contribution >= 0.6 is 11.3 Å². The van der Waals surface area contributed by atoms with Crippen LogP contribution in [-0.2, 0) is 24.1 Å². The molecular weight excluding hydrogens is 454 g/mol. The molecule has 4 aromatic rings. The van der Waals surface area contributed by atoms with Gasteiger partial charge in [0, 0.05) is 33.5 Å². The maximum absolute atomic E-state index is 11.0. The Morgan fingerprint density at radius 1 is 1.09 bits per heavy atom. The molecular formula is C29H25N3O2S. The van der Waals surface area contributed by atoms with E-state index in [1.54, 1.807) is 11.3 Å². The summed E-state index contributed by atoms with van der Waals surface area (Å²) in [6.07, 6.45) is 3.24. The highest BCUT2D eigenvalue weighted by molar-refractivity contribution is 7.13. The summed E-state index contributed by atoms with van der Waals surface area (Å²) in [6, 6.07) is 19.3. The average Bonchev–Trinajstić information content (AvgIpc) is 3.34. The molecule has 2 N–H and O–H groups in total. The molecule has 0 spiro atoms. The molecule has 0 aliphatic rings. The Labute approximate surface area is 209 Å². The van der Waals surface area contributed by atoms with E-state index >= 15 is 0 Å². The number of aryl methyl sites for hydroxylation is 1. The summed E-state index contributed by atoms with van der Waals surface area (Å²) in [5.41, 5.74) is 5.44. The van der Waals surface area contributed by atoms with Crippen molar-refractivity contribution in [2.45, 2.75) is 26.2 Å². The molecule has 0 aliphatic carbocycles. The third-order valence-electron chi connectivity index (χ3n) is 5.29. The maximum Gasteiger partial charge on any atom is 0.307 e. The van der Waals surface area contributed by atoms with Crippen LogP contribution in [0.2, 0.25) is 0 Å². The van der Waals surface area contributed by atoms with Gasteiger partial charge in [-0.05, 0) is 48.7 Å². The molecule has 2 heterocycles. The first-order valence-corrected chi connectivity index (χ1v) is 12.2. The highest BCUT2D eigenvalue weighted by Crippen LogP contribution is 2.30. The van der Waals surface area contributed by atoms with Gasteiger partial charge >= 0.3 is 5.97 Å². The van der Waals surface area contributed by atoms with Gasteiger partial charge in [0.25, 0.3) is 0 Å². The minimum Gasteiger partial charge on any atom is -0.481 e. The van der Waals surface area contributed by atoms with Crippen molar-refractivity contribution in [2.24, 2.45) is 0 Å². The topological polar surface area (TPSA) is 75.1 Å². The fourth-order valence-electron chi connectivity index (χ4n) is 3.60. The second-order valence-electron chi connectivity index (χ2n) is 7.88. The average molecular weight is 480 g/mol. The minimum absolute atomic E-state index is 0.00644. The fraction of sp³-hybridized carbons (Fsp3) is 0.138. The fourth-order valence-corrected chi connectivity index (χ4v) is 4.37. The maximum atomic E-state index is 11.0. The monoisotopic (exact) mass is 479 g/mol. The molecule has 0 saturated heterocycles. The van der Waals surface area contributed by atoms with E-state index in [1.807, 2.05) is 72.1 Å². The molecule has 5 nitrogen and oxygen atoms in total. The Morgan fingerprint density at radius 3 is 2.51 bits per heavy atom. The van der Waals surface area contributed by atoms with Crippen molar-refractivity contribution < 1.29 is 9.90 Å². The van der Waals surface area contributed by atoms with Crippen molar-refractivity contribution in [3.8, 4) is 22.5 Å². The predicted octanol–water partition coefficient (Wildman–Crippen LogP) is 6.27. The van der Waals surface area contributed by atoms with Gasteiger partial charge in [-0.1, -0.05) is 55.2 Å². The lowest BCUT2D eigenvalue weighted by molar-refractivity contribution is -0.136. The zero-order chi connectivity index (χ0) is 24.6. The first-order chi connectivity index (χ1) is 17.1. The first kappa shape index (κ1) is 23.9. The molecule has 0 bridgehead atoms. The molecule has 0 atom stereocenters. The Hall–Kier alpha value is -4.21. The van der Waals surface area contributed by atoms with Crippen molar-refractivity contribution in [3.05, 3.63) is 107 Å². The molecule has 4 rings (SSSR count). The van der Waals surface area contributed by atoms with Gasteiger partial charge in [0.05, 0.1) is 11.3 Å². The lowest BCUT2D eigenvalue weighted by Crippen LogP contribution is -2.07. The number of anilines is 2. The van der Waals surface area contributed by atoms with E-state index < -0.39 is 5.97 Å². The van der Waals surface area contributed by atoms with Gasteiger partial charge < -0.3 is 10.4 Å². The van der Waals surface area contributed by atoms with Crippen molar-refractivity contribution in [1.82, 2.24) is 9.97 Å². The van der Waals surface area contributed by atoms with Crippen LogP contribution in [0.25, 0.3) is 10.7 Å². The quantitative estimate of drug-likeness (QED) is 0.230. The van der Waals surface area contributed by atoms with Crippen molar-refractivity contribution in [1.29, 1.82) is 0 Å². The number of nitrogens with one attached hydrogen (secondary N) is 1. The highest BCUT2D eigenvalue weighted by Gasteiger charge is 2.15. The number of benzene rings is 2. The molecule has 0 aliphatic heterocycles. The summed E-state index contributed by atoms with van der Waals surface area (Å²) in [5, 5.41) is 14.4. The molecule has 0 saturated carbocycles. The van der Waals surface area contributed by atoms with Crippen molar-refractivity contribution in [3.63, 3.8) is 0 Å². The van der Waals surface area contributed by atoms with Crippen LogP contribution in [0, 0.1) is 11.8 Å². The molecule has 2 aromatic heterocycles. The van der Waals surface area contributed by atoms with Crippen LogP contribution in [0.15, 0.2) is 78.7 Å². The number of hydrogen-bond acceptors (Lipinski definition) is 5. The first-order valence-electron chi connectivity index (χ1n) is 11.3. The summed E-state index contributed by atoms with van der Waals surface area (Å²) < 4.78 is 0. The number of aromatic nitrogens is 2. The van der Waals surface area contributed by atoms with E-state index in [-0.39, 0.29) is 6.42 Å². The number of thiophene rings is 1. The molecule has 35 heavy (non-hydrogen) atoms. The smallest absolute Gasteiger partial charge is 0.307 e. The summed E-state index contributed by atoms with van der Waals surface area (Å²) in [6.45, 7) is 5.97. The Bertz CT molecular complexity index is 1400. The molecule has 0 amide bonds. The van der Waals surface area contributed by atoms with E-state index in [0.717, 1.165) is 50.8 Å². The number of carboxylic acids is 1. The molecule has 0 fully saturated rings. The van der Waals surface area contributed by atoms with Crippen LogP contribution in [0.4, 0.5) is 11.5 Å². The highest BCUT2D eigenvalue weighted by atomic mass is 32.1. The molecule has 6 heteroatoms. The van der Waals surface area contributed by atoms with Gasteiger partial charge in [0.2, 0.25) is 0 Å². The van der Waals surface area contributed by atoms with Gasteiger partial charge in [-0.2, -0.15) is 0 Å². The third kappa shape index (κ3) is 6.23. The van der Waals surface area contributed by atoms with Gasteiger partial charge in [-0.3, -0.25) is 4.79 Å². The van der Waals surface area contributed by atoms with Gasteiger partial charge in [0.1, 0.15) is 5.82 Å². The predicted molar refractivity (Wildman–Crippen MR) is 142 cm³/mol. The Morgan fingerprint density at radius 2 is 1.83 bits per heavy atom. The molecule has 2 aromatic carbocycles. The number of aliphatic carboxylic acids is 1. The summed E-state index contributed by atoms with van der Waals surface area (Å²) in [4.78, 5) is 21.6. The van der Waals surface area contributed by atoms with Crippen LogP contribution in [-0.4, -0.2) is 21.0 Å². The van der Waals surface area contributed by atoms with Crippen LogP contribution < -0.4 is 5.32 Å².